The molecule has 7 heteroatoms. The van der Waals surface area contributed by atoms with E-state index in [4.69, 9.17) is 9.47 Å². The van der Waals surface area contributed by atoms with Crippen LogP contribution in [0.1, 0.15) is 12.5 Å². The number of hydrogen-bond donors (Lipinski definition) is 1. The molecule has 2 aromatic carbocycles. The molecule has 0 saturated carbocycles. The number of nitrogens with zero attached hydrogens (tertiary/aromatic N) is 1. The van der Waals surface area contributed by atoms with Gasteiger partial charge in [0.15, 0.2) is 6.10 Å². The smallest absolute Gasteiger partial charge is 0.280 e. The highest BCUT2D eigenvalue weighted by molar-refractivity contribution is 9.10. The Bertz CT molecular complexity index is 809. The summed E-state index contributed by atoms with van der Waals surface area (Å²) in [6.07, 6.45) is 2.47. The average molecular weight is 482 g/mol. The summed E-state index contributed by atoms with van der Waals surface area (Å²) >= 11 is 6.78. The van der Waals surface area contributed by atoms with E-state index in [0.717, 1.165) is 14.5 Å². The summed E-state index contributed by atoms with van der Waals surface area (Å²) in [5.74, 6) is 0.871. The topological polar surface area (TPSA) is 59.9 Å². The summed E-state index contributed by atoms with van der Waals surface area (Å²) < 4.78 is 12.9. The molecule has 0 saturated heterocycles. The van der Waals surface area contributed by atoms with Crippen LogP contribution in [0.3, 0.4) is 0 Å². The SMILES string of the molecule is C=CCOc1ccc(Br)cc1C=NNC(=O)C(C)Oc1ccccc1Br. The first-order valence-corrected chi connectivity index (χ1v) is 9.37. The van der Waals surface area contributed by atoms with Crippen molar-refractivity contribution in [2.75, 3.05) is 6.61 Å². The van der Waals surface area contributed by atoms with Crippen molar-refractivity contribution in [3.63, 3.8) is 0 Å². The minimum atomic E-state index is -0.704. The van der Waals surface area contributed by atoms with E-state index in [0.29, 0.717) is 18.1 Å². The Labute approximate surface area is 169 Å². The molecule has 0 aliphatic heterocycles. The monoisotopic (exact) mass is 480 g/mol. The van der Waals surface area contributed by atoms with Gasteiger partial charge in [0.05, 0.1) is 10.7 Å². The standard InChI is InChI=1S/C19H18Br2N2O3/c1-3-10-25-17-9-8-15(20)11-14(17)12-22-23-19(24)13(2)26-18-7-5-4-6-16(18)21/h3-9,11-13H,1,10H2,2H3,(H,23,24). The van der Waals surface area contributed by atoms with E-state index in [1.54, 1.807) is 19.1 Å². The number of para-hydroxylation sites is 1. The van der Waals surface area contributed by atoms with Crippen LogP contribution in [0.4, 0.5) is 0 Å². The number of carbonyl (C=O) groups excluding carboxylic acids is 1. The van der Waals surface area contributed by atoms with E-state index in [9.17, 15) is 4.79 Å². The van der Waals surface area contributed by atoms with E-state index >= 15 is 0 Å². The summed E-state index contributed by atoms with van der Waals surface area (Å²) in [7, 11) is 0. The highest BCUT2D eigenvalue weighted by atomic mass is 79.9. The molecule has 0 bridgehead atoms. The molecule has 26 heavy (non-hydrogen) atoms. The molecule has 5 nitrogen and oxygen atoms in total. The summed E-state index contributed by atoms with van der Waals surface area (Å²) in [5, 5.41) is 3.99. The van der Waals surface area contributed by atoms with Gasteiger partial charge in [-0.1, -0.05) is 40.7 Å². The quantitative estimate of drug-likeness (QED) is 0.338. The molecule has 0 fully saturated rings. The van der Waals surface area contributed by atoms with Gasteiger partial charge in [0.2, 0.25) is 0 Å². The molecule has 1 atom stereocenters. The largest absolute Gasteiger partial charge is 0.489 e. The fourth-order valence-corrected chi connectivity index (χ4v) is 2.70. The first kappa shape index (κ1) is 20.2. The molecule has 0 aromatic heterocycles. The third kappa shape index (κ3) is 6.00. The molecular formula is C19H18Br2N2O3. The van der Waals surface area contributed by atoms with Gasteiger partial charge in [-0.2, -0.15) is 5.10 Å². The van der Waals surface area contributed by atoms with Gasteiger partial charge < -0.3 is 9.47 Å². The van der Waals surface area contributed by atoms with Gasteiger partial charge in [0.1, 0.15) is 18.1 Å². The van der Waals surface area contributed by atoms with Gasteiger partial charge in [-0.3, -0.25) is 4.79 Å². The van der Waals surface area contributed by atoms with E-state index in [1.807, 2.05) is 36.4 Å². The minimum absolute atomic E-state index is 0.361. The lowest BCUT2D eigenvalue weighted by Gasteiger charge is -2.14. The minimum Gasteiger partial charge on any atom is -0.489 e. The van der Waals surface area contributed by atoms with E-state index in [-0.39, 0.29) is 5.91 Å². The zero-order valence-corrected chi connectivity index (χ0v) is 17.3. The molecule has 0 aliphatic carbocycles. The van der Waals surface area contributed by atoms with Crippen LogP contribution in [-0.4, -0.2) is 24.8 Å². The lowest BCUT2D eigenvalue weighted by atomic mass is 10.2. The van der Waals surface area contributed by atoms with Gasteiger partial charge >= 0.3 is 0 Å². The second-order valence-electron chi connectivity index (χ2n) is 5.21. The zero-order chi connectivity index (χ0) is 18.9. The third-order valence-electron chi connectivity index (χ3n) is 3.22. The van der Waals surface area contributed by atoms with Crippen LogP contribution >= 0.6 is 31.9 Å². The number of hydrazone groups is 1. The van der Waals surface area contributed by atoms with Crippen LogP contribution in [-0.2, 0) is 4.79 Å². The summed E-state index contributed by atoms with van der Waals surface area (Å²) in [6.45, 7) is 5.66. The Morgan fingerprint density at radius 2 is 2.04 bits per heavy atom. The van der Waals surface area contributed by atoms with E-state index in [1.165, 1.54) is 6.21 Å². The zero-order valence-electron chi connectivity index (χ0n) is 14.1. The molecule has 0 heterocycles. The van der Waals surface area contributed by atoms with Crippen LogP contribution in [0.15, 0.2) is 69.2 Å². The van der Waals surface area contributed by atoms with Crippen molar-refractivity contribution in [2.24, 2.45) is 5.10 Å². The maximum absolute atomic E-state index is 12.2. The number of rotatable bonds is 8. The summed E-state index contributed by atoms with van der Waals surface area (Å²) in [5.41, 5.74) is 3.20. The molecule has 0 spiro atoms. The Morgan fingerprint density at radius 1 is 1.27 bits per heavy atom. The normalized spacial score (nSPS) is 11.8. The number of ether oxygens (including phenoxy) is 2. The van der Waals surface area contributed by atoms with Crippen LogP contribution in [0.5, 0.6) is 11.5 Å². The fourth-order valence-electron chi connectivity index (χ4n) is 1.94. The van der Waals surface area contributed by atoms with Gasteiger partial charge in [-0.05, 0) is 53.2 Å². The van der Waals surface area contributed by atoms with Gasteiger partial charge in [-0.25, -0.2) is 5.43 Å². The predicted octanol–water partition coefficient (Wildman–Crippen LogP) is 4.69. The molecule has 1 N–H and O–H groups in total. The second-order valence-corrected chi connectivity index (χ2v) is 6.98. The molecule has 0 aliphatic rings. The maximum Gasteiger partial charge on any atom is 0.280 e. The van der Waals surface area contributed by atoms with Crippen LogP contribution < -0.4 is 14.9 Å². The number of carbonyl (C=O) groups is 1. The van der Waals surface area contributed by atoms with Crippen LogP contribution in [0.2, 0.25) is 0 Å². The van der Waals surface area contributed by atoms with Crippen molar-refractivity contribution >= 4 is 44.0 Å². The van der Waals surface area contributed by atoms with Crippen molar-refractivity contribution in [1.82, 2.24) is 5.43 Å². The Hall–Kier alpha value is -2.12. The Balaban J connectivity index is 1.99. The van der Waals surface area contributed by atoms with Crippen molar-refractivity contribution in [2.45, 2.75) is 13.0 Å². The van der Waals surface area contributed by atoms with Crippen LogP contribution in [0.25, 0.3) is 0 Å². The molecular weight excluding hydrogens is 464 g/mol. The van der Waals surface area contributed by atoms with Crippen molar-refractivity contribution in [3.05, 3.63) is 69.6 Å². The number of halogens is 2. The van der Waals surface area contributed by atoms with Gasteiger partial charge in [0.25, 0.3) is 5.91 Å². The number of amides is 1. The van der Waals surface area contributed by atoms with Gasteiger partial charge in [-0.15, -0.1) is 0 Å². The predicted molar refractivity (Wildman–Crippen MR) is 110 cm³/mol. The van der Waals surface area contributed by atoms with Gasteiger partial charge in [0, 0.05) is 10.0 Å². The van der Waals surface area contributed by atoms with Crippen molar-refractivity contribution < 1.29 is 14.3 Å². The van der Waals surface area contributed by atoms with Crippen molar-refractivity contribution in [1.29, 1.82) is 0 Å². The lowest BCUT2D eigenvalue weighted by Crippen LogP contribution is -2.33. The van der Waals surface area contributed by atoms with E-state index in [2.05, 4.69) is 49.0 Å². The molecule has 1 amide bonds. The number of hydrogen-bond acceptors (Lipinski definition) is 4. The summed E-state index contributed by atoms with van der Waals surface area (Å²) in [4.78, 5) is 12.2. The molecule has 2 rings (SSSR count). The Kier molecular flexibility index (Phi) is 7.87. The number of nitrogens with one attached hydrogen (secondary N) is 1. The first-order chi connectivity index (χ1) is 12.5. The molecule has 0 radical (unpaired) electrons. The Morgan fingerprint density at radius 3 is 2.77 bits per heavy atom. The molecule has 1 unspecified atom stereocenters. The first-order valence-electron chi connectivity index (χ1n) is 7.78. The van der Waals surface area contributed by atoms with Crippen LogP contribution in [0, 0.1) is 0 Å². The third-order valence-corrected chi connectivity index (χ3v) is 4.36. The van der Waals surface area contributed by atoms with E-state index < -0.39 is 6.10 Å². The molecule has 136 valence electrons. The lowest BCUT2D eigenvalue weighted by molar-refractivity contribution is -0.127. The summed E-state index contributed by atoms with van der Waals surface area (Å²) in [6, 6.07) is 12.8. The fraction of sp³-hybridized carbons (Fsp3) is 0.158. The maximum atomic E-state index is 12.2. The highest BCUT2D eigenvalue weighted by Gasteiger charge is 2.15. The average Bonchev–Trinajstić information content (AvgIpc) is 2.62. The second kappa shape index (κ2) is 10.1. The van der Waals surface area contributed by atoms with Crippen molar-refractivity contribution in [3.8, 4) is 11.5 Å². The number of benzene rings is 2. The highest BCUT2D eigenvalue weighted by Crippen LogP contribution is 2.25. The molecule has 2 aromatic rings.